The van der Waals surface area contributed by atoms with Crippen LogP contribution < -0.4 is 0 Å². The van der Waals surface area contributed by atoms with Gasteiger partial charge < -0.3 is 10.2 Å². The van der Waals surface area contributed by atoms with E-state index in [-0.39, 0.29) is 11.5 Å². The number of phenols is 2. The highest BCUT2D eigenvalue weighted by molar-refractivity contribution is 5.52. The molecule has 1 aromatic rings. The van der Waals surface area contributed by atoms with Crippen molar-refractivity contribution in [2.75, 3.05) is 0 Å². The van der Waals surface area contributed by atoms with Gasteiger partial charge in [0.1, 0.15) is 0 Å². The molecule has 0 saturated heterocycles. The minimum Gasteiger partial charge on any atom is -0.504 e. The van der Waals surface area contributed by atoms with E-state index < -0.39 is 0 Å². The largest absolute Gasteiger partial charge is 0.504 e. The van der Waals surface area contributed by atoms with Crippen molar-refractivity contribution in [2.24, 2.45) is 0 Å². The average Bonchev–Trinajstić information content (AvgIpc) is 2.28. The number of hydrogen-bond acceptors (Lipinski definition) is 2. The number of phenolic OH excluding ortho intramolecular Hbond substituents is 2. The fourth-order valence-corrected chi connectivity index (χ4v) is 2.08. The van der Waals surface area contributed by atoms with Gasteiger partial charge >= 0.3 is 0 Å². The quantitative estimate of drug-likeness (QED) is 0.746. The number of rotatable bonds is 5. The molecule has 0 aliphatic heterocycles. The lowest BCUT2D eigenvalue weighted by Crippen LogP contribution is -1.98. The first-order valence-electron chi connectivity index (χ1n) is 6.15. The number of hydrogen-bond donors (Lipinski definition) is 2. The maximum Gasteiger partial charge on any atom is 0.160 e. The first-order valence-corrected chi connectivity index (χ1v) is 6.15. The standard InChI is InChI=1S/C14H22O2/c1-4-6-8-11-9-13(15)14(16)10(3)12(11)7-5-2/h9,15-16H,4-8H2,1-3H3. The lowest BCUT2D eigenvalue weighted by Gasteiger charge is -2.14. The molecule has 0 aliphatic rings. The van der Waals surface area contributed by atoms with E-state index in [0.29, 0.717) is 0 Å². The predicted molar refractivity (Wildman–Crippen MR) is 67.1 cm³/mol. The third-order valence-corrected chi connectivity index (χ3v) is 3.05. The Hall–Kier alpha value is -1.18. The zero-order chi connectivity index (χ0) is 12.1. The van der Waals surface area contributed by atoms with Crippen molar-refractivity contribution in [1.29, 1.82) is 0 Å². The molecule has 0 spiro atoms. The van der Waals surface area contributed by atoms with Crippen LogP contribution in [-0.2, 0) is 12.8 Å². The molecule has 16 heavy (non-hydrogen) atoms. The molecule has 90 valence electrons. The first kappa shape index (κ1) is 12.9. The summed E-state index contributed by atoms with van der Waals surface area (Å²) in [6.07, 6.45) is 5.29. The summed E-state index contributed by atoms with van der Waals surface area (Å²) < 4.78 is 0. The minimum absolute atomic E-state index is 0.0171. The van der Waals surface area contributed by atoms with Crippen LogP contribution in [0.25, 0.3) is 0 Å². The molecule has 0 saturated carbocycles. The molecule has 0 radical (unpaired) electrons. The molecule has 0 fully saturated rings. The zero-order valence-corrected chi connectivity index (χ0v) is 10.5. The highest BCUT2D eigenvalue weighted by Crippen LogP contribution is 2.34. The van der Waals surface area contributed by atoms with Gasteiger partial charge in [0.25, 0.3) is 0 Å². The van der Waals surface area contributed by atoms with Crippen LogP contribution in [0.3, 0.4) is 0 Å². The molecule has 0 amide bonds. The Morgan fingerprint density at radius 1 is 1.06 bits per heavy atom. The molecular weight excluding hydrogens is 200 g/mol. The van der Waals surface area contributed by atoms with Crippen LogP contribution in [0, 0.1) is 6.92 Å². The summed E-state index contributed by atoms with van der Waals surface area (Å²) in [5, 5.41) is 19.3. The van der Waals surface area contributed by atoms with Crippen LogP contribution in [0.5, 0.6) is 11.5 Å². The van der Waals surface area contributed by atoms with Gasteiger partial charge in [-0.15, -0.1) is 0 Å². The van der Waals surface area contributed by atoms with Gasteiger partial charge in [-0.1, -0.05) is 26.7 Å². The zero-order valence-electron chi connectivity index (χ0n) is 10.5. The van der Waals surface area contributed by atoms with Crippen molar-refractivity contribution in [3.63, 3.8) is 0 Å². The smallest absolute Gasteiger partial charge is 0.160 e. The third-order valence-electron chi connectivity index (χ3n) is 3.05. The summed E-state index contributed by atoms with van der Waals surface area (Å²) in [6, 6.07) is 1.73. The molecule has 0 bridgehead atoms. The van der Waals surface area contributed by atoms with E-state index in [2.05, 4.69) is 13.8 Å². The third kappa shape index (κ3) is 2.69. The summed E-state index contributed by atoms with van der Waals surface area (Å²) in [4.78, 5) is 0. The van der Waals surface area contributed by atoms with Crippen LogP contribution in [0.2, 0.25) is 0 Å². The Morgan fingerprint density at radius 3 is 2.31 bits per heavy atom. The monoisotopic (exact) mass is 222 g/mol. The second kappa shape index (κ2) is 5.78. The van der Waals surface area contributed by atoms with Gasteiger partial charge in [0, 0.05) is 0 Å². The van der Waals surface area contributed by atoms with E-state index >= 15 is 0 Å². The Bertz CT molecular complexity index is 356. The Labute approximate surface area is 97.9 Å². The highest BCUT2D eigenvalue weighted by Gasteiger charge is 2.13. The second-order valence-corrected chi connectivity index (χ2v) is 4.36. The van der Waals surface area contributed by atoms with Gasteiger partial charge in [0.05, 0.1) is 0 Å². The van der Waals surface area contributed by atoms with Gasteiger partial charge in [-0.3, -0.25) is 0 Å². The molecule has 0 aromatic heterocycles. The summed E-state index contributed by atoms with van der Waals surface area (Å²) in [6.45, 7) is 6.18. The maximum absolute atomic E-state index is 9.71. The molecule has 1 rings (SSSR count). The van der Waals surface area contributed by atoms with E-state index in [1.807, 2.05) is 6.92 Å². The normalized spacial score (nSPS) is 10.7. The van der Waals surface area contributed by atoms with E-state index in [9.17, 15) is 10.2 Å². The summed E-state index contributed by atoms with van der Waals surface area (Å²) in [5.74, 6) is 0.0622. The summed E-state index contributed by atoms with van der Waals surface area (Å²) >= 11 is 0. The number of aromatic hydroxyl groups is 2. The SMILES string of the molecule is CCCCc1cc(O)c(O)c(C)c1CCC. The average molecular weight is 222 g/mol. The lowest BCUT2D eigenvalue weighted by atomic mass is 9.93. The molecular formula is C14H22O2. The molecule has 2 heteroatoms. The number of unbranched alkanes of at least 4 members (excludes halogenated alkanes) is 1. The van der Waals surface area contributed by atoms with E-state index in [1.54, 1.807) is 6.07 Å². The van der Waals surface area contributed by atoms with Crippen LogP contribution in [0.4, 0.5) is 0 Å². The Balaban J connectivity index is 3.12. The molecule has 1 aromatic carbocycles. The van der Waals surface area contributed by atoms with Gasteiger partial charge in [0.2, 0.25) is 0 Å². The molecule has 2 nitrogen and oxygen atoms in total. The summed E-state index contributed by atoms with van der Waals surface area (Å²) in [7, 11) is 0. The van der Waals surface area contributed by atoms with Gasteiger partial charge in [-0.2, -0.15) is 0 Å². The van der Waals surface area contributed by atoms with Crippen molar-refractivity contribution >= 4 is 0 Å². The van der Waals surface area contributed by atoms with Crippen LogP contribution in [-0.4, -0.2) is 10.2 Å². The van der Waals surface area contributed by atoms with E-state index in [1.165, 1.54) is 11.1 Å². The molecule has 0 atom stereocenters. The Morgan fingerprint density at radius 2 is 1.75 bits per heavy atom. The van der Waals surface area contributed by atoms with Gasteiger partial charge in [0.15, 0.2) is 11.5 Å². The topological polar surface area (TPSA) is 40.5 Å². The van der Waals surface area contributed by atoms with Crippen molar-refractivity contribution in [2.45, 2.75) is 52.9 Å². The fraction of sp³-hybridized carbons (Fsp3) is 0.571. The van der Waals surface area contributed by atoms with Crippen molar-refractivity contribution in [1.82, 2.24) is 0 Å². The van der Waals surface area contributed by atoms with Gasteiger partial charge in [-0.25, -0.2) is 0 Å². The van der Waals surface area contributed by atoms with E-state index in [0.717, 1.165) is 37.7 Å². The minimum atomic E-state index is 0.0171. The molecule has 0 heterocycles. The Kier molecular flexibility index (Phi) is 4.66. The second-order valence-electron chi connectivity index (χ2n) is 4.36. The van der Waals surface area contributed by atoms with E-state index in [4.69, 9.17) is 0 Å². The molecule has 0 aliphatic carbocycles. The molecule has 0 unspecified atom stereocenters. The first-order chi connectivity index (χ1) is 7.61. The van der Waals surface area contributed by atoms with Crippen molar-refractivity contribution in [3.8, 4) is 11.5 Å². The van der Waals surface area contributed by atoms with Crippen molar-refractivity contribution in [3.05, 3.63) is 22.8 Å². The maximum atomic E-state index is 9.71. The lowest BCUT2D eigenvalue weighted by molar-refractivity contribution is 0.399. The molecule has 2 N–H and O–H groups in total. The highest BCUT2D eigenvalue weighted by atomic mass is 16.3. The number of aryl methyl sites for hydroxylation is 1. The predicted octanol–water partition coefficient (Wildman–Crippen LogP) is 3.70. The number of benzene rings is 1. The van der Waals surface area contributed by atoms with Crippen LogP contribution >= 0.6 is 0 Å². The van der Waals surface area contributed by atoms with Gasteiger partial charge in [-0.05, 0) is 48.9 Å². The summed E-state index contributed by atoms with van der Waals surface area (Å²) in [5.41, 5.74) is 3.25. The van der Waals surface area contributed by atoms with Crippen LogP contribution in [0.15, 0.2) is 6.07 Å². The van der Waals surface area contributed by atoms with Crippen LogP contribution in [0.1, 0.15) is 49.8 Å². The van der Waals surface area contributed by atoms with Crippen molar-refractivity contribution < 1.29 is 10.2 Å². The fourth-order valence-electron chi connectivity index (χ4n) is 2.08.